The van der Waals surface area contributed by atoms with Crippen LogP contribution >= 0.6 is 0 Å². The van der Waals surface area contributed by atoms with Gasteiger partial charge in [-0.1, -0.05) is 6.07 Å². The van der Waals surface area contributed by atoms with Crippen molar-refractivity contribution >= 4 is 17.5 Å². The average Bonchev–Trinajstić information content (AvgIpc) is 2.35. The maximum atomic E-state index is 11.5. The van der Waals surface area contributed by atoms with E-state index in [0.29, 0.717) is 24.4 Å². The highest BCUT2D eigenvalue weighted by molar-refractivity contribution is 5.96. The van der Waals surface area contributed by atoms with Gasteiger partial charge in [0.05, 0.1) is 13.2 Å². The van der Waals surface area contributed by atoms with Crippen LogP contribution in [0, 0.1) is 0 Å². The van der Waals surface area contributed by atoms with E-state index in [1.807, 2.05) is 0 Å². The second kappa shape index (κ2) is 7.41. The number of benzene rings is 1. The number of ether oxygens (including phenoxy) is 1. The molecule has 0 aliphatic heterocycles. The van der Waals surface area contributed by atoms with Gasteiger partial charge in [0.1, 0.15) is 0 Å². The molecule has 0 fully saturated rings. The SMILES string of the molecule is COCCNCC(=O)Nc1cccc(C(N)=O)c1. The van der Waals surface area contributed by atoms with E-state index in [1.54, 1.807) is 25.3 Å². The summed E-state index contributed by atoms with van der Waals surface area (Å²) in [5, 5.41) is 5.58. The maximum Gasteiger partial charge on any atom is 0.248 e. The number of hydrogen-bond donors (Lipinski definition) is 3. The van der Waals surface area contributed by atoms with E-state index in [9.17, 15) is 9.59 Å². The van der Waals surface area contributed by atoms with Crippen LogP contribution in [-0.2, 0) is 9.53 Å². The lowest BCUT2D eigenvalue weighted by atomic mass is 10.2. The standard InChI is InChI=1S/C12H17N3O3/c1-18-6-5-14-8-11(16)15-10-4-2-3-9(7-10)12(13)17/h2-4,7,14H,5-6,8H2,1H3,(H2,13,17)(H,15,16). The summed E-state index contributed by atoms with van der Waals surface area (Å²) >= 11 is 0. The van der Waals surface area contributed by atoms with Gasteiger partial charge in [0.15, 0.2) is 0 Å². The summed E-state index contributed by atoms with van der Waals surface area (Å²) in [6.07, 6.45) is 0. The Bertz CT molecular complexity index is 421. The Kier molecular flexibility index (Phi) is 5.83. The summed E-state index contributed by atoms with van der Waals surface area (Å²) in [5.74, 6) is -0.711. The molecule has 1 aromatic carbocycles. The molecule has 0 saturated heterocycles. The highest BCUT2D eigenvalue weighted by Crippen LogP contribution is 2.09. The first-order valence-corrected chi connectivity index (χ1v) is 5.53. The minimum atomic E-state index is -0.524. The second-order valence-electron chi connectivity index (χ2n) is 3.66. The van der Waals surface area contributed by atoms with Crippen molar-refractivity contribution in [2.24, 2.45) is 5.73 Å². The van der Waals surface area contributed by atoms with Crippen molar-refractivity contribution in [2.75, 3.05) is 32.1 Å². The normalized spacial score (nSPS) is 10.1. The van der Waals surface area contributed by atoms with E-state index in [-0.39, 0.29) is 12.5 Å². The first-order valence-electron chi connectivity index (χ1n) is 5.53. The number of nitrogens with two attached hydrogens (primary N) is 1. The predicted octanol–water partition coefficient (Wildman–Crippen LogP) is -0.0400. The highest BCUT2D eigenvalue weighted by atomic mass is 16.5. The lowest BCUT2D eigenvalue weighted by molar-refractivity contribution is -0.115. The molecule has 0 saturated carbocycles. The van der Waals surface area contributed by atoms with Crippen molar-refractivity contribution in [2.45, 2.75) is 0 Å². The Morgan fingerprint density at radius 2 is 2.17 bits per heavy atom. The van der Waals surface area contributed by atoms with Gasteiger partial charge in [0.25, 0.3) is 0 Å². The molecular formula is C12H17N3O3. The van der Waals surface area contributed by atoms with Crippen molar-refractivity contribution in [3.63, 3.8) is 0 Å². The molecule has 6 nitrogen and oxygen atoms in total. The van der Waals surface area contributed by atoms with E-state index >= 15 is 0 Å². The molecule has 0 spiro atoms. The fraction of sp³-hybridized carbons (Fsp3) is 0.333. The van der Waals surface area contributed by atoms with E-state index < -0.39 is 5.91 Å². The van der Waals surface area contributed by atoms with E-state index in [1.165, 1.54) is 6.07 Å². The predicted molar refractivity (Wildman–Crippen MR) is 68.3 cm³/mol. The zero-order valence-corrected chi connectivity index (χ0v) is 10.2. The molecule has 6 heteroatoms. The number of amides is 2. The number of rotatable bonds is 7. The van der Waals surface area contributed by atoms with Crippen LogP contribution in [0.15, 0.2) is 24.3 Å². The van der Waals surface area contributed by atoms with Crippen molar-refractivity contribution in [3.05, 3.63) is 29.8 Å². The van der Waals surface area contributed by atoms with Crippen LogP contribution in [0.3, 0.4) is 0 Å². The van der Waals surface area contributed by atoms with Crippen molar-refractivity contribution < 1.29 is 14.3 Å². The maximum absolute atomic E-state index is 11.5. The van der Waals surface area contributed by atoms with Gasteiger partial charge in [-0.2, -0.15) is 0 Å². The van der Waals surface area contributed by atoms with Crippen LogP contribution in [-0.4, -0.2) is 38.6 Å². The van der Waals surface area contributed by atoms with E-state index in [0.717, 1.165) is 0 Å². The molecule has 98 valence electrons. The Morgan fingerprint density at radius 1 is 1.39 bits per heavy atom. The van der Waals surface area contributed by atoms with Crippen LogP contribution in [0.4, 0.5) is 5.69 Å². The number of hydrogen-bond acceptors (Lipinski definition) is 4. The van der Waals surface area contributed by atoms with Crippen LogP contribution in [0.1, 0.15) is 10.4 Å². The molecule has 0 radical (unpaired) electrons. The van der Waals surface area contributed by atoms with Gasteiger partial charge in [0.2, 0.25) is 11.8 Å². The van der Waals surface area contributed by atoms with Crippen LogP contribution < -0.4 is 16.4 Å². The third-order valence-corrected chi connectivity index (χ3v) is 2.20. The Morgan fingerprint density at radius 3 is 2.83 bits per heavy atom. The number of primary amides is 1. The van der Waals surface area contributed by atoms with Crippen molar-refractivity contribution in [3.8, 4) is 0 Å². The molecule has 18 heavy (non-hydrogen) atoms. The number of methoxy groups -OCH3 is 1. The second-order valence-corrected chi connectivity index (χ2v) is 3.66. The molecule has 0 aromatic heterocycles. The molecule has 0 heterocycles. The third-order valence-electron chi connectivity index (χ3n) is 2.20. The smallest absolute Gasteiger partial charge is 0.248 e. The summed E-state index contributed by atoms with van der Waals surface area (Å²) < 4.78 is 4.84. The largest absolute Gasteiger partial charge is 0.383 e. The molecule has 1 rings (SSSR count). The highest BCUT2D eigenvalue weighted by Gasteiger charge is 2.04. The molecular weight excluding hydrogens is 234 g/mol. The molecule has 0 aliphatic rings. The molecule has 0 unspecified atom stereocenters. The number of anilines is 1. The lowest BCUT2D eigenvalue weighted by Crippen LogP contribution is -2.30. The summed E-state index contributed by atoms with van der Waals surface area (Å²) in [5.41, 5.74) is 6.06. The van der Waals surface area contributed by atoms with Crippen LogP contribution in [0.25, 0.3) is 0 Å². The molecule has 0 atom stereocenters. The quantitative estimate of drug-likeness (QED) is 0.593. The van der Waals surface area contributed by atoms with Gasteiger partial charge in [-0.05, 0) is 18.2 Å². The Hall–Kier alpha value is -1.92. The summed E-state index contributed by atoms with van der Waals surface area (Å²) in [6.45, 7) is 1.33. The van der Waals surface area contributed by atoms with Gasteiger partial charge in [-0.25, -0.2) is 0 Å². The number of nitrogens with one attached hydrogen (secondary N) is 2. The fourth-order valence-corrected chi connectivity index (χ4v) is 1.33. The Balaban J connectivity index is 2.44. The topological polar surface area (TPSA) is 93.4 Å². The first kappa shape index (κ1) is 14.1. The minimum absolute atomic E-state index is 0.185. The first-order chi connectivity index (χ1) is 8.63. The van der Waals surface area contributed by atoms with E-state index in [2.05, 4.69) is 10.6 Å². The zero-order valence-electron chi connectivity index (χ0n) is 10.2. The molecule has 0 aliphatic carbocycles. The van der Waals surface area contributed by atoms with Gasteiger partial charge < -0.3 is 21.1 Å². The summed E-state index contributed by atoms with van der Waals surface area (Å²) in [4.78, 5) is 22.5. The molecule has 1 aromatic rings. The van der Waals surface area contributed by atoms with Crippen molar-refractivity contribution in [1.82, 2.24) is 5.32 Å². The molecule has 4 N–H and O–H groups in total. The Labute approximate surface area is 105 Å². The molecule has 2 amide bonds. The van der Waals surface area contributed by atoms with Crippen molar-refractivity contribution in [1.29, 1.82) is 0 Å². The zero-order chi connectivity index (χ0) is 13.4. The van der Waals surface area contributed by atoms with Crippen LogP contribution in [0.5, 0.6) is 0 Å². The van der Waals surface area contributed by atoms with Gasteiger partial charge in [-0.3, -0.25) is 9.59 Å². The minimum Gasteiger partial charge on any atom is -0.383 e. The average molecular weight is 251 g/mol. The number of carbonyl (C=O) groups excluding carboxylic acids is 2. The molecule has 0 bridgehead atoms. The summed E-state index contributed by atoms with van der Waals surface area (Å²) in [7, 11) is 1.59. The van der Waals surface area contributed by atoms with Gasteiger partial charge in [0, 0.05) is 24.9 Å². The third kappa shape index (κ3) is 4.94. The van der Waals surface area contributed by atoms with Gasteiger partial charge in [-0.15, -0.1) is 0 Å². The monoisotopic (exact) mass is 251 g/mol. The lowest BCUT2D eigenvalue weighted by Gasteiger charge is -2.07. The van der Waals surface area contributed by atoms with Crippen LogP contribution in [0.2, 0.25) is 0 Å². The number of carbonyl (C=O) groups is 2. The van der Waals surface area contributed by atoms with E-state index in [4.69, 9.17) is 10.5 Å². The fourth-order valence-electron chi connectivity index (χ4n) is 1.33. The van der Waals surface area contributed by atoms with Gasteiger partial charge >= 0.3 is 0 Å². The summed E-state index contributed by atoms with van der Waals surface area (Å²) in [6, 6.07) is 6.48.